The van der Waals surface area contributed by atoms with Crippen molar-refractivity contribution in [1.82, 2.24) is 5.32 Å². The fourth-order valence-electron chi connectivity index (χ4n) is 2.47. The second-order valence-corrected chi connectivity index (χ2v) is 7.09. The van der Waals surface area contributed by atoms with E-state index < -0.39 is 5.54 Å². The normalized spacial score (nSPS) is 17.6. The molecule has 0 saturated heterocycles. The molecule has 1 aliphatic rings. The summed E-state index contributed by atoms with van der Waals surface area (Å²) in [6.45, 7) is 9.38. The minimum Gasteiger partial charge on any atom is -0.483 e. The SMILES string of the molecule is CC(C)C(C)(C#N)NC(=O)COc1cccc2c1OC(C)(C)C2. The van der Waals surface area contributed by atoms with Crippen molar-refractivity contribution >= 4 is 5.91 Å². The maximum atomic E-state index is 12.1. The summed E-state index contributed by atoms with van der Waals surface area (Å²) in [5.74, 6) is 0.947. The minimum absolute atomic E-state index is 0.00144. The first-order valence-electron chi connectivity index (χ1n) is 7.83. The highest BCUT2D eigenvalue weighted by Gasteiger charge is 2.33. The first-order chi connectivity index (χ1) is 10.7. The topological polar surface area (TPSA) is 71.4 Å². The maximum Gasteiger partial charge on any atom is 0.259 e. The van der Waals surface area contributed by atoms with Gasteiger partial charge in [0.2, 0.25) is 0 Å². The Hall–Kier alpha value is -2.22. The van der Waals surface area contributed by atoms with E-state index in [2.05, 4.69) is 11.4 Å². The Morgan fingerprint density at radius 1 is 1.52 bits per heavy atom. The Labute approximate surface area is 137 Å². The summed E-state index contributed by atoms with van der Waals surface area (Å²) < 4.78 is 11.5. The molecule has 1 atom stereocenters. The average Bonchev–Trinajstić information content (AvgIpc) is 2.79. The van der Waals surface area contributed by atoms with E-state index in [1.165, 1.54) is 0 Å². The standard InChI is InChI=1S/C18H24N2O3/c1-12(2)18(5,11-19)20-15(21)10-22-14-8-6-7-13-9-17(3,4)23-16(13)14/h6-8,12H,9-10H2,1-5H3,(H,20,21). The van der Waals surface area contributed by atoms with Gasteiger partial charge in [-0.1, -0.05) is 26.0 Å². The van der Waals surface area contributed by atoms with Gasteiger partial charge < -0.3 is 14.8 Å². The Kier molecular flexibility index (Phi) is 4.56. The van der Waals surface area contributed by atoms with E-state index in [0.717, 1.165) is 12.0 Å². The lowest BCUT2D eigenvalue weighted by molar-refractivity contribution is -0.124. The summed E-state index contributed by atoms with van der Waals surface area (Å²) in [6, 6.07) is 7.83. The van der Waals surface area contributed by atoms with Crippen molar-refractivity contribution in [3.63, 3.8) is 0 Å². The summed E-state index contributed by atoms with van der Waals surface area (Å²) in [6.07, 6.45) is 0.811. The van der Waals surface area contributed by atoms with Gasteiger partial charge in [-0.3, -0.25) is 4.79 Å². The van der Waals surface area contributed by atoms with Gasteiger partial charge >= 0.3 is 0 Å². The molecule has 0 saturated carbocycles. The monoisotopic (exact) mass is 316 g/mol. The van der Waals surface area contributed by atoms with Gasteiger partial charge in [0.25, 0.3) is 5.91 Å². The van der Waals surface area contributed by atoms with Crippen molar-refractivity contribution < 1.29 is 14.3 Å². The molecular formula is C18H24N2O3. The van der Waals surface area contributed by atoms with Crippen LogP contribution in [0.25, 0.3) is 0 Å². The van der Waals surface area contributed by atoms with Crippen molar-refractivity contribution in [1.29, 1.82) is 5.26 Å². The lowest BCUT2D eigenvalue weighted by Gasteiger charge is -2.27. The van der Waals surface area contributed by atoms with Crippen molar-refractivity contribution in [3.05, 3.63) is 23.8 Å². The zero-order valence-corrected chi connectivity index (χ0v) is 14.4. The number of ether oxygens (including phenoxy) is 2. The molecule has 0 aliphatic carbocycles. The van der Waals surface area contributed by atoms with Gasteiger partial charge in [-0.15, -0.1) is 0 Å². The Morgan fingerprint density at radius 3 is 2.83 bits per heavy atom. The lowest BCUT2D eigenvalue weighted by atomic mass is 9.90. The smallest absolute Gasteiger partial charge is 0.259 e. The molecule has 124 valence electrons. The zero-order chi connectivity index (χ0) is 17.3. The molecule has 23 heavy (non-hydrogen) atoms. The van der Waals surface area contributed by atoms with Gasteiger partial charge in [-0.25, -0.2) is 0 Å². The van der Waals surface area contributed by atoms with E-state index in [1.807, 2.05) is 39.8 Å². The molecule has 0 fully saturated rings. The molecule has 1 amide bonds. The van der Waals surface area contributed by atoms with Gasteiger partial charge in [-0.2, -0.15) is 5.26 Å². The number of benzene rings is 1. The maximum absolute atomic E-state index is 12.1. The van der Waals surface area contributed by atoms with Gasteiger partial charge in [0.05, 0.1) is 6.07 Å². The molecule has 0 spiro atoms. The van der Waals surface area contributed by atoms with Crippen molar-refractivity contribution in [3.8, 4) is 17.6 Å². The number of nitriles is 1. The van der Waals surface area contributed by atoms with Gasteiger partial charge in [0, 0.05) is 12.0 Å². The number of nitrogens with one attached hydrogen (secondary N) is 1. The minimum atomic E-state index is -0.905. The predicted molar refractivity (Wildman–Crippen MR) is 87.3 cm³/mol. The van der Waals surface area contributed by atoms with E-state index in [1.54, 1.807) is 13.0 Å². The molecule has 0 radical (unpaired) electrons. The fourth-order valence-corrected chi connectivity index (χ4v) is 2.47. The molecule has 1 aromatic rings. The number of amides is 1. The first kappa shape index (κ1) is 17.1. The number of carbonyl (C=O) groups is 1. The van der Waals surface area contributed by atoms with Gasteiger partial charge in [0.1, 0.15) is 11.1 Å². The lowest BCUT2D eigenvalue weighted by Crippen LogP contribution is -2.50. The van der Waals surface area contributed by atoms with Crippen LogP contribution in [-0.4, -0.2) is 23.7 Å². The van der Waals surface area contributed by atoms with Crippen LogP contribution in [0.4, 0.5) is 0 Å². The highest BCUT2D eigenvalue weighted by molar-refractivity contribution is 5.79. The summed E-state index contributed by atoms with van der Waals surface area (Å²) >= 11 is 0. The first-order valence-corrected chi connectivity index (χ1v) is 7.83. The van der Waals surface area contributed by atoms with Crippen LogP contribution in [0.5, 0.6) is 11.5 Å². The molecule has 0 bridgehead atoms. The highest BCUT2D eigenvalue weighted by atomic mass is 16.5. The van der Waals surface area contributed by atoms with E-state index in [9.17, 15) is 10.1 Å². The van der Waals surface area contributed by atoms with E-state index in [0.29, 0.717) is 11.5 Å². The van der Waals surface area contributed by atoms with Crippen LogP contribution in [0.15, 0.2) is 18.2 Å². The van der Waals surface area contributed by atoms with Crippen molar-refractivity contribution in [2.75, 3.05) is 6.61 Å². The Balaban J connectivity index is 2.02. The zero-order valence-electron chi connectivity index (χ0n) is 14.4. The second-order valence-electron chi connectivity index (χ2n) is 7.09. The largest absolute Gasteiger partial charge is 0.483 e. The summed E-state index contributed by atoms with van der Waals surface area (Å²) in [7, 11) is 0. The predicted octanol–water partition coefficient (Wildman–Crippen LogP) is 2.83. The molecule has 5 nitrogen and oxygen atoms in total. The van der Waals surface area contributed by atoms with Crippen LogP contribution >= 0.6 is 0 Å². The molecule has 5 heteroatoms. The number of hydrogen-bond acceptors (Lipinski definition) is 4. The third kappa shape index (κ3) is 3.76. The van der Waals surface area contributed by atoms with Gasteiger partial charge in [-0.05, 0) is 32.8 Å². The summed E-state index contributed by atoms with van der Waals surface area (Å²) in [5.41, 5.74) is -0.0875. The summed E-state index contributed by atoms with van der Waals surface area (Å²) in [4.78, 5) is 12.1. The van der Waals surface area contributed by atoms with Crippen molar-refractivity contribution in [2.45, 2.75) is 52.2 Å². The molecule has 1 heterocycles. The number of para-hydroxylation sites is 1. The molecular weight excluding hydrogens is 292 g/mol. The molecule has 2 rings (SSSR count). The van der Waals surface area contributed by atoms with E-state index >= 15 is 0 Å². The molecule has 0 aromatic heterocycles. The number of carbonyl (C=O) groups excluding carboxylic acids is 1. The molecule has 1 aromatic carbocycles. The molecule has 1 aliphatic heterocycles. The van der Waals surface area contributed by atoms with Crippen LogP contribution in [0.3, 0.4) is 0 Å². The van der Waals surface area contributed by atoms with Gasteiger partial charge in [0.15, 0.2) is 18.1 Å². The highest BCUT2D eigenvalue weighted by Crippen LogP contribution is 2.41. The second kappa shape index (κ2) is 6.11. The van der Waals surface area contributed by atoms with Crippen LogP contribution in [0, 0.1) is 17.2 Å². The van der Waals surface area contributed by atoms with Crippen molar-refractivity contribution in [2.24, 2.45) is 5.92 Å². The number of fused-ring (bicyclic) bond motifs is 1. The number of hydrogen-bond donors (Lipinski definition) is 1. The quantitative estimate of drug-likeness (QED) is 0.906. The Bertz CT molecular complexity index is 646. The fraction of sp³-hybridized carbons (Fsp3) is 0.556. The third-order valence-electron chi connectivity index (χ3n) is 4.20. The molecule has 1 unspecified atom stereocenters. The van der Waals surface area contributed by atoms with E-state index in [-0.39, 0.29) is 24.0 Å². The third-order valence-corrected chi connectivity index (χ3v) is 4.20. The van der Waals surface area contributed by atoms with Crippen LogP contribution < -0.4 is 14.8 Å². The number of rotatable bonds is 5. The van der Waals surface area contributed by atoms with E-state index in [4.69, 9.17) is 9.47 Å². The number of nitrogens with zero attached hydrogens (tertiary/aromatic N) is 1. The summed E-state index contributed by atoms with van der Waals surface area (Å²) in [5, 5.41) is 12.0. The molecule has 1 N–H and O–H groups in total. The van der Waals surface area contributed by atoms with Crippen LogP contribution in [0.1, 0.15) is 40.2 Å². The Morgan fingerprint density at radius 2 is 2.22 bits per heavy atom. The van der Waals surface area contributed by atoms with Crippen LogP contribution in [0.2, 0.25) is 0 Å². The van der Waals surface area contributed by atoms with Crippen LogP contribution in [-0.2, 0) is 11.2 Å². The average molecular weight is 316 g/mol.